The van der Waals surface area contributed by atoms with Crippen molar-refractivity contribution in [3.8, 4) is 16.9 Å². The number of ether oxygens (including phenoxy) is 1. The molecule has 0 radical (unpaired) electrons. The van der Waals surface area contributed by atoms with Crippen LogP contribution in [0.3, 0.4) is 0 Å². The van der Waals surface area contributed by atoms with Crippen molar-refractivity contribution >= 4 is 11.9 Å². The standard InChI is InChI=1S/C21H19N3O4/c1-28-16-7-5-13(6-8-16)14-3-2-4-15(11-14)20(25)24-10-9-18-17(12-24)19(21(26)27)23-22-18/h2-8,11H,9-10,12H2,1H3,(H,22,23)(H,26,27). The molecule has 1 aliphatic rings. The summed E-state index contributed by atoms with van der Waals surface area (Å²) in [6.07, 6.45) is 0.555. The van der Waals surface area contributed by atoms with Crippen LogP contribution in [0.4, 0.5) is 0 Å². The molecule has 0 fully saturated rings. The van der Waals surface area contributed by atoms with Crippen LogP contribution in [0, 0.1) is 0 Å². The molecule has 7 nitrogen and oxygen atoms in total. The molecule has 0 unspecified atom stereocenters. The van der Waals surface area contributed by atoms with E-state index in [1.165, 1.54) is 0 Å². The van der Waals surface area contributed by atoms with Crippen LogP contribution in [0.5, 0.6) is 5.75 Å². The third-order valence-electron chi connectivity index (χ3n) is 4.96. The van der Waals surface area contributed by atoms with Crippen LogP contribution < -0.4 is 4.74 Å². The number of aromatic carboxylic acids is 1. The molecule has 142 valence electrons. The van der Waals surface area contributed by atoms with E-state index in [0.717, 1.165) is 22.6 Å². The summed E-state index contributed by atoms with van der Waals surface area (Å²) in [5, 5.41) is 15.9. The Morgan fingerprint density at radius 3 is 2.64 bits per heavy atom. The molecule has 7 heteroatoms. The normalized spacial score (nSPS) is 13.1. The third-order valence-corrected chi connectivity index (χ3v) is 4.96. The zero-order valence-corrected chi connectivity index (χ0v) is 15.3. The summed E-state index contributed by atoms with van der Waals surface area (Å²) in [6.45, 7) is 0.749. The SMILES string of the molecule is COc1ccc(-c2cccc(C(=O)N3CCc4[nH]nc(C(=O)O)c4C3)c2)cc1. The Hall–Kier alpha value is -3.61. The molecule has 28 heavy (non-hydrogen) atoms. The molecule has 1 amide bonds. The maximum atomic E-state index is 13.0. The minimum absolute atomic E-state index is 0.0144. The Bertz CT molecular complexity index is 1040. The van der Waals surface area contributed by atoms with Gasteiger partial charge in [0.05, 0.1) is 13.7 Å². The van der Waals surface area contributed by atoms with Gasteiger partial charge in [-0.1, -0.05) is 24.3 Å². The van der Waals surface area contributed by atoms with E-state index in [1.807, 2.05) is 42.5 Å². The second kappa shape index (κ2) is 7.19. The summed E-state index contributed by atoms with van der Waals surface area (Å²) in [5.74, 6) is -0.443. The van der Waals surface area contributed by atoms with Crippen molar-refractivity contribution in [2.45, 2.75) is 13.0 Å². The highest BCUT2D eigenvalue weighted by molar-refractivity contribution is 5.96. The number of carboxylic acid groups (broad SMARTS) is 1. The van der Waals surface area contributed by atoms with Gasteiger partial charge in [0.1, 0.15) is 5.75 Å². The second-order valence-corrected chi connectivity index (χ2v) is 6.62. The van der Waals surface area contributed by atoms with Gasteiger partial charge in [-0.15, -0.1) is 0 Å². The smallest absolute Gasteiger partial charge is 0.356 e. The molecule has 0 aliphatic carbocycles. The molecule has 0 spiro atoms. The van der Waals surface area contributed by atoms with Crippen LogP contribution in [0.2, 0.25) is 0 Å². The fourth-order valence-corrected chi connectivity index (χ4v) is 3.44. The van der Waals surface area contributed by atoms with E-state index in [9.17, 15) is 14.7 Å². The van der Waals surface area contributed by atoms with Gasteiger partial charge in [0.2, 0.25) is 0 Å². The number of carboxylic acids is 1. The fourth-order valence-electron chi connectivity index (χ4n) is 3.44. The quantitative estimate of drug-likeness (QED) is 0.729. The van der Waals surface area contributed by atoms with Gasteiger partial charge in [0.15, 0.2) is 5.69 Å². The van der Waals surface area contributed by atoms with Crippen LogP contribution in [-0.4, -0.2) is 45.7 Å². The molecular formula is C21H19N3O4. The third kappa shape index (κ3) is 3.22. The van der Waals surface area contributed by atoms with Gasteiger partial charge in [-0.3, -0.25) is 9.89 Å². The number of aromatic amines is 1. The van der Waals surface area contributed by atoms with Gasteiger partial charge in [0, 0.05) is 29.8 Å². The van der Waals surface area contributed by atoms with Crippen molar-refractivity contribution in [2.75, 3.05) is 13.7 Å². The maximum absolute atomic E-state index is 13.0. The molecule has 0 saturated carbocycles. The summed E-state index contributed by atoms with van der Waals surface area (Å²) in [5.41, 5.74) is 3.84. The lowest BCUT2D eigenvalue weighted by Crippen LogP contribution is -2.36. The zero-order valence-electron chi connectivity index (χ0n) is 15.3. The van der Waals surface area contributed by atoms with Crippen molar-refractivity contribution in [3.63, 3.8) is 0 Å². The first kappa shape index (κ1) is 17.8. The number of fused-ring (bicyclic) bond motifs is 1. The van der Waals surface area contributed by atoms with Crippen molar-refractivity contribution in [3.05, 3.63) is 71.0 Å². The monoisotopic (exact) mass is 377 g/mol. The minimum atomic E-state index is -1.09. The summed E-state index contributed by atoms with van der Waals surface area (Å²) < 4.78 is 5.18. The lowest BCUT2D eigenvalue weighted by molar-refractivity contribution is 0.0674. The average molecular weight is 377 g/mol. The Morgan fingerprint density at radius 1 is 1.14 bits per heavy atom. The first-order valence-electron chi connectivity index (χ1n) is 8.90. The fraction of sp³-hybridized carbons (Fsp3) is 0.190. The minimum Gasteiger partial charge on any atom is -0.497 e. The van der Waals surface area contributed by atoms with Crippen LogP contribution in [-0.2, 0) is 13.0 Å². The summed E-state index contributed by atoms with van der Waals surface area (Å²) in [6, 6.07) is 15.1. The van der Waals surface area contributed by atoms with E-state index in [4.69, 9.17) is 4.74 Å². The number of carbonyl (C=O) groups excluding carboxylic acids is 1. The number of carbonyl (C=O) groups is 2. The Labute approximate surface area is 161 Å². The number of methoxy groups -OCH3 is 1. The predicted molar refractivity (Wildman–Crippen MR) is 102 cm³/mol. The van der Waals surface area contributed by atoms with E-state index in [1.54, 1.807) is 18.1 Å². The number of aromatic nitrogens is 2. The number of hydrogen-bond acceptors (Lipinski definition) is 4. The Balaban J connectivity index is 1.58. The van der Waals surface area contributed by atoms with Gasteiger partial charge < -0.3 is 14.7 Å². The molecule has 0 saturated heterocycles. The number of H-pyrrole nitrogens is 1. The number of benzene rings is 2. The Morgan fingerprint density at radius 2 is 1.93 bits per heavy atom. The molecule has 2 aromatic carbocycles. The van der Waals surface area contributed by atoms with Crippen LogP contribution in [0.15, 0.2) is 48.5 Å². The van der Waals surface area contributed by atoms with Crippen LogP contribution in [0.1, 0.15) is 32.1 Å². The van der Waals surface area contributed by atoms with Gasteiger partial charge in [0.25, 0.3) is 5.91 Å². The molecule has 0 bridgehead atoms. The van der Waals surface area contributed by atoms with Gasteiger partial charge in [-0.05, 0) is 35.4 Å². The van der Waals surface area contributed by atoms with E-state index < -0.39 is 5.97 Å². The topological polar surface area (TPSA) is 95.5 Å². The van der Waals surface area contributed by atoms with Crippen molar-refractivity contribution < 1.29 is 19.4 Å². The van der Waals surface area contributed by atoms with E-state index >= 15 is 0 Å². The lowest BCUT2D eigenvalue weighted by Gasteiger charge is -2.27. The van der Waals surface area contributed by atoms with Gasteiger partial charge in [-0.2, -0.15) is 5.10 Å². The van der Waals surface area contributed by atoms with Gasteiger partial charge in [-0.25, -0.2) is 4.79 Å². The number of amides is 1. The predicted octanol–water partition coefficient (Wildman–Crippen LogP) is 2.98. The number of nitrogens with one attached hydrogen (secondary N) is 1. The van der Waals surface area contributed by atoms with E-state index in [2.05, 4.69) is 10.2 Å². The first-order chi connectivity index (χ1) is 13.6. The highest BCUT2D eigenvalue weighted by Gasteiger charge is 2.28. The van der Waals surface area contributed by atoms with Crippen LogP contribution >= 0.6 is 0 Å². The van der Waals surface area contributed by atoms with E-state index in [-0.39, 0.29) is 18.1 Å². The second-order valence-electron chi connectivity index (χ2n) is 6.62. The van der Waals surface area contributed by atoms with Crippen molar-refractivity contribution in [2.24, 2.45) is 0 Å². The average Bonchev–Trinajstić information content (AvgIpc) is 3.17. The van der Waals surface area contributed by atoms with Crippen molar-refractivity contribution in [1.29, 1.82) is 0 Å². The summed E-state index contributed by atoms with van der Waals surface area (Å²) >= 11 is 0. The van der Waals surface area contributed by atoms with Crippen molar-refractivity contribution in [1.82, 2.24) is 15.1 Å². The highest BCUT2D eigenvalue weighted by Crippen LogP contribution is 2.26. The number of hydrogen-bond donors (Lipinski definition) is 2. The number of rotatable bonds is 4. The molecule has 2 heterocycles. The molecule has 3 aromatic rings. The zero-order chi connectivity index (χ0) is 19.7. The maximum Gasteiger partial charge on any atom is 0.356 e. The first-order valence-corrected chi connectivity index (χ1v) is 8.90. The van der Waals surface area contributed by atoms with Crippen LogP contribution in [0.25, 0.3) is 11.1 Å². The summed E-state index contributed by atoms with van der Waals surface area (Å²) in [7, 11) is 1.62. The largest absolute Gasteiger partial charge is 0.497 e. The molecule has 1 aliphatic heterocycles. The molecule has 0 atom stereocenters. The molecular weight excluding hydrogens is 358 g/mol. The summed E-state index contributed by atoms with van der Waals surface area (Å²) in [4.78, 5) is 26.0. The molecule has 1 aromatic heterocycles. The highest BCUT2D eigenvalue weighted by atomic mass is 16.5. The molecule has 4 rings (SSSR count). The van der Waals surface area contributed by atoms with E-state index in [0.29, 0.717) is 24.1 Å². The number of nitrogens with zero attached hydrogens (tertiary/aromatic N) is 2. The lowest BCUT2D eigenvalue weighted by atomic mass is 10.0. The molecule has 2 N–H and O–H groups in total. The van der Waals surface area contributed by atoms with Gasteiger partial charge >= 0.3 is 5.97 Å². The Kier molecular flexibility index (Phi) is 4.57.